The van der Waals surface area contributed by atoms with E-state index in [9.17, 15) is 0 Å². The van der Waals surface area contributed by atoms with Gasteiger partial charge in [-0.05, 0) is 24.3 Å². The monoisotopic (exact) mass is 191 g/mol. The molecule has 0 aromatic heterocycles. The van der Waals surface area contributed by atoms with Crippen LogP contribution in [-0.2, 0) is 0 Å². The lowest BCUT2D eigenvalue weighted by Crippen LogP contribution is -2.11. The molecule has 0 bridgehead atoms. The van der Waals surface area contributed by atoms with Gasteiger partial charge in [-0.2, -0.15) is 0 Å². The van der Waals surface area contributed by atoms with E-state index in [4.69, 9.17) is 0 Å². The molecule has 0 atom stereocenters. The first-order chi connectivity index (χ1) is 6.97. The van der Waals surface area contributed by atoms with Crippen molar-refractivity contribution in [3.8, 4) is 0 Å². The van der Waals surface area contributed by atoms with Gasteiger partial charge in [0.05, 0.1) is 6.54 Å². The van der Waals surface area contributed by atoms with Crippen molar-refractivity contribution in [3.05, 3.63) is 11.6 Å². The van der Waals surface area contributed by atoms with Crippen molar-refractivity contribution in [2.75, 3.05) is 6.54 Å². The number of allylic oxidation sites excluding steroid dienone is 1. The van der Waals surface area contributed by atoms with Gasteiger partial charge in [-0.1, -0.05) is 38.2 Å². The van der Waals surface area contributed by atoms with E-state index in [0.717, 1.165) is 18.9 Å². The van der Waals surface area contributed by atoms with Gasteiger partial charge < -0.3 is 0 Å². The van der Waals surface area contributed by atoms with E-state index in [-0.39, 0.29) is 0 Å². The molecule has 1 heteroatoms. The van der Waals surface area contributed by atoms with Gasteiger partial charge in [0.15, 0.2) is 0 Å². The second-order valence-corrected chi connectivity index (χ2v) is 4.58. The molecule has 0 saturated heterocycles. The molecule has 1 heterocycles. The molecule has 1 aliphatic carbocycles. The van der Waals surface area contributed by atoms with Crippen molar-refractivity contribution in [1.29, 1.82) is 0 Å². The zero-order chi connectivity index (χ0) is 9.64. The minimum Gasteiger partial charge on any atom is -0.293 e. The van der Waals surface area contributed by atoms with Crippen LogP contribution in [0, 0.1) is 5.92 Å². The fourth-order valence-electron chi connectivity index (χ4n) is 2.64. The SMILES string of the molecule is C1=NCC(C2CCCCCCC2)=CC1. The van der Waals surface area contributed by atoms with E-state index in [0.29, 0.717) is 0 Å². The number of rotatable bonds is 1. The lowest BCUT2D eigenvalue weighted by molar-refractivity contribution is 0.416. The van der Waals surface area contributed by atoms with E-state index in [1.165, 1.54) is 44.9 Å². The highest BCUT2D eigenvalue weighted by Gasteiger charge is 2.15. The average molecular weight is 191 g/mol. The Labute approximate surface area is 87.3 Å². The lowest BCUT2D eigenvalue weighted by Gasteiger charge is -2.23. The topological polar surface area (TPSA) is 12.4 Å². The summed E-state index contributed by atoms with van der Waals surface area (Å²) in [5.41, 5.74) is 1.63. The lowest BCUT2D eigenvalue weighted by atomic mass is 9.85. The predicted octanol–water partition coefficient (Wildman–Crippen LogP) is 3.75. The summed E-state index contributed by atoms with van der Waals surface area (Å²) in [6.45, 7) is 0.991. The first-order valence-corrected chi connectivity index (χ1v) is 6.14. The molecule has 0 spiro atoms. The number of nitrogens with zero attached hydrogens (tertiary/aromatic N) is 1. The molecule has 0 unspecified atom stereocenters. The summed E-state index contributed by atoms with van der Waals surface area (Å²) in [7, 11) is 0. The average Bonchev–Trinajstić information content (AvgIpc) is 2.18. The van der Waals surface area contributed by atoms with E-state index >= 15 is 0 Å². The smallest absolute Gasteiger partial charge is 0.0598 e. The van der Waals surface area contributed by atoms with Crippen LogP contribution in [0.3, 0.4) is 0 Å². The number of aliphatic imine (C=N–C) groups is 1. The van der Waals surface area contributed by atoms with E-state index in [1.807, 2.05) is 6.21 Å². The van der Waals surface area contributed by atoms with Crippen LogP contribution in [0.15, 0.2) is 16.6 Å². The molecule has 0 radical (unpaired) electrons. The molecule has 1 aliphatic heterocycles. The highest BCUT2D eigenvalue weighted by Crippen LogP contribution is 2.29. The molecule has 0 amide bonds. The number of hydrogen-bond donors (Lipinski definition) is 0. The summed E-state index contributed by atoms with van der Waals surface area (Å²) in [4.78, 5) is 4.39. The molecule has 2 aliphatic rings. The first kappa shape index (κ1) is 9.95. The molecule has 1 nitrogen and oxygen atoms in total. The second kappa shape index (κ2) is 5.33. The van der Waals surface area contributed by atoms with Gasteiger partial charge in [-0.3, -0.25) is 4.99 Å². The second-order valence-electron chi connectivity index (χ2n) is 4.58. The van der Waals surface area contributed by atoms with Gasteiger partial charge in [-0.15, -0.1) is 0 Å². The molecular weight excluding hydrogens is 170 g/mol. The Bertz CT molecular complexity index is 219. The van der Waals surface area contributed by atoms with Crippen LogP contribution in [0.4, 0.5) is 0 Å². The molecule has 0 N–H and O–H groups in total. The van der Waals surface area contributed by atoms with Gasteiger partial charge in [0.2, 0.25) is 0 Å². The zero-order valence-corrected chi connectivity index (χ0v) is 9.04. The summed E-state index contributed by atoms with van der Waals surface area (Å²) in [5, 5.41) is 0. The van der Waals surface area contributed by atoms with E-state index < -0.39 is 0 Å². The zero-order valence-electron chi connectivity index (χ0n) is 9.04. The van der Waals surface area contributed by atoms with Crippen molar-refractivity contribution in [2.45, 2.75) is 51.4 Å². The van der Waals surface area contributed by atoms with Gasteiger partial charge in [0, 0.05) is 12.6 Å². The van der Waals surface area contributed by atoms with Crippen LogP contribution >= 0.6 is 0 Å². The van der Waals surface area contributed by atoms with Crippen molar-refractivity contribution in [1.82, 2.24) is 0 Å². The third-order valence-electron chi connectivity index (χ3n) is 3.52. The molecule has 1 fully saturated rings. The molecule has 0 aromatic carbocycles. The Kier molecular flexibility index (Phi) is 3.79. The van der Waals surface area contributed by atoms with E-state index in [1.54, 1.807) is 5.57 Å². The van der Waals surface area contributed by atoms with Crippen LogP contribution < -0.4 is 0 Å². The summed E-state index contributed by atoms with van der Waals surface area (Å²) in [5.74, 6) is 0.868. The van der Waals surface area contributed by atoms with Gasteiger partial charge in [0.25, 0.3) is 0 Å². The van der Waals surface area contributed by atoms with Crippen molar-refractivity contribution >= 4 is 6.21 Å². The molecule has 78 valence electrons. The first-order valence-electron chi connectivity index (χ1n) is 6.14. The van der Waals surface area contributed by atoms with Crippen molar-refractivity contribution in [3.63, 3.8) is 0 Å². The minimum atomic E-state index is 0.868. The molecule has 1 saturated carbocycles. The van der Waals surface area contributed by atoms with Crippen molar-refractivity contribution in [2.24, 2.45) is 10.9 Å². The largest absolute Gasteiger partial charge is 0.293 e. The highest BCUT2D eigenvalue weighted by molar-refractivity contribution is 5.61. The number of dihydropyridines is 1. The maximum absolute atomic E-state index is 4.39. The number of hydrogen-bond acceptors (Lipinski definition) is 1. The normalized spacial score (nSPS) is 25.3. The van der Waals surface area contributed by atoms with Crippen molar-refractivity contribution < 1.29 is 0 Å². The minimum absolute atomic E-state index is 0.868. The highest BCUT2D eigenvalue weighted by atomic mass is 14.7. The molecular formula is C13H21N. The summed E-state index contributed by atoms with van der Waals surface area (Å²) < 4.78 is 0. The maximum Gasteiger partial charge on any atom is 0.0598 e. The van der Waals surface area contributed by atoms with Crippen LogP contribution in [0.25, 0.3) is 0 Å². The van der Waals surface area contributed by atoms with Crippen LogP contribution in [0.5, 0.6) is 0 Å². The Morgan fingerprint density at radius 2 is 1.71 bits per heavy atom. The summed E-state index contributed by atoms with van der Waals surface area (Å²) in [6.07, 6.45) is 15.6. The molecule has 0 aromatic rings. The van der Waals surface area contributed by atoms with E-state index in [2.05, 4.69) is 11.1 Å². The van der Waals surface area contributed by atoms with Crippen LogP contribution in [0.2, 0.25) is 0 Å². The third kappa shape index (κ3) is 2.70. The fraction of sp³-hybridized carbons (Fsp3) is 0.769. The van der Waals surface area contributed by atoms with Crippen LogP contribution in [0.1, 0.15) is 51.4 Å². The maximum atomic E-state index is 4.39. The van der Waals surface area contributed by atoms with Gasteiger partial charge in [0.1, 0.15) is 0 Å². The van der Waals surface area contributed by atoms with Crippen LogP contribution in [-0.4, -0.2) is 12.8 Å². The van der Waals surface area contributed by atoms with Gasteiger partial charge >= 0.3 is 0 Å². The molecule has 14 heavy (non-hydrogen) atoms. The van der Waals surface area contributed by atoms with Gasteiger partial charge in [-0.25, -0.2) is 0 Å². The Hall–Kier alpha value is -0.590. The Morgan fingerprint density at radius 1 is 1.00 bits per heavy atom. The molecule has 2 rings (SSSR count). The summed E-state index contributed by atoms with van der Waals surface area (Å²) in [6, 6.07) is 0. The summed E-state index contributed by atoms with van der Waals surface area (Å²) >= 11 is 0. The predicted molar refractivity (Wildman–Crippen MR) is 61.9 cm³/mol. The Morgan fingerprint density at radius 3 is 2.36 bits per heavy atom. The fourth-order valence-corrected chi connectivity index (χ4v) is 2.64. The third-order valence-corrected chi connectivity index (χ3v) is 3.52. The standard InChI is InChI=1S/C13H21N/c1-2-4-7-12(8-5-3-1)13-9-6-10-14-11-13/h9-10,12H,1-8,11H2. The quantitative estimate of drug-likeness (QED) is 0.560. The Balaban J connectivity index is 1.90.